The van der Waals surface area contributed by atoms with E-state index in [9.17, 15) is 4.79 Å². The van der Waals surface area contributed by atoms with Gasteiger partial charge in [0.05, 0.1) is 6.07 Å². The fraction of sp³-hybridized carbons (Fsp3) is 0.500. The Bertz CT molecular complexity index is 430. The predicted octanol–water partition coefficient (Wildman–Crippen LogP) is 2.11. The zero-order chi connectivity index (χ0) is 11.5. The molecule has 0 aromatic carbocycles. The molecule has 0 saturated carbocycles. The molecule has 1 aromatic rings. The Hall–Kier alpha value is -1.76. The highest BCUT2D eigenvalue weighted by molar-refractivity contribution is 5.92. The van der Waals surface area contributed by atoms with Crippen molar-refractivity contribution in [3.05, 3.63) is 23.7 Å². The SMILES string of the molecule is Cc1ccc(C(=O)N2CCCCC2C#N)o1. The second-order valence-electron chi connectivity index (χ2n) is 4.05. The number of carbonyl (C=O) groups excluding carboxylic acids is 1. The average Bonchev–Trinajstić information content (AvgIpc) is 2.75. The van der Waals surface area contributed by atoms with Crippen LogP contribution < -0.4 is 0 Å². The van der Waals surface area contributed by atoms with Gasteiger partial charge in [-0.05, 0) is 38.3 Å². The Morgan fingerprint density at radius 1 is 1.56 bits per heavy atom. The molecule has 0 bridgehead atoms. The van der Waals surface area contributed by atoms with Crippen LogP contribution in [-0.2, 0) is 0 Å². The zero-order valence-corrected chi connectivity index (χ0v) is 9.27. The van der Waals surface area contributed by atoms with Gasteiger partial charge in [-0.3, -0.25) is 4.79 Å². The van der Waals surface area contributed by atoms with Crippen molar-refractivity contribution in [3.8, 4) is 6.07 Å². The van der Waals surface area contributed by atoms with Crippen LogP contribution >= 0.6 is 0 Å². The van der Waals surface area contributed by atoms with Gasteiger partial charge in [0.1, 0.15) is 11.8 Å². The number of hydrogen-bond acceptors (Lipinski definition) is 3. The molecule has 2 heterocycles. The smallest absolute Gasteiger partial charge is 0.290 e. The molecule has 1 unspecified atom stereocenters. The van der Waals surface area contributed by atoms with Crippen LogP contribution in [0.5, 0.6) is 0 Å². The molecular formula is C12H14N2O2. The van der Waals surface area contributed by atoms with Crippen LogP contribution in [-0.4, -0.2) is 23.4 Å². The Morgan fingerprint density at radius 2 is 2.38 bits per heavy atom. The fourth-order valence-electron chi connectivity index (χ4n) is 2.00. The van der Waals surface area contributed by atoms with Crippen LogP contribution in [0.4, 0.5) is 0 Å². The second kappa shape index (κ2) is 4.40. The van der Waals surface area contributed by atoms with Crippen molar-refractivity contribution in [2.24, 2.45) is 0 Å². The highest BCUT2D eigenvalue weighted by Crippen LogP contribution is 2.20. The molecule has 1 aromatic heterocycles. The lowest BCUT2D eigenvalue weighted by molar-refractivity contribution is 0.0636. The normalized spacial score (nSPS) is 20.5. The second-order valence-corrected chi connectivity index (χ2v) is 4.05. The minimum atomic E-state index is -0.299. The third-order valence-electron chi connectivity index (χ3n) is 2.86. The van der Waals surface area contributed by atoms with Crippen molar-refractivity contribution >= 4 is 5.91 Å². The van der Waals surface area contributed by atoms with E-state index in [1.165, 1.54) is 0 Å². The Balaban J connectivity index is 2.17. The summed E-state index contributed by atoms with van der Waals surface area (Å²) in [5, 5.41) is 8.99. The Morgan fingerprint density at radius 3 is 3.00 bits per heavy atom. The first-order valence-corrected chi connectivity index (χ1v) is 5.49. The van der Waals surface area contributed by atoms with Crippen molar-refractivity contribution in [3.63, 3.8) is 0 Å². The largest absolute Gasteiger partial charge is 0.456 e. The van der Waals surface area contributed by atoms with Gasteiger partial charge in [-0.1, -0.05) is 0 Å². The highest BCUT2D eigenvalue weighted by Gasteiger charge is 2.28. The minimum Gasteiger partial charge on any atom is -0.456 e. The summed E-state index contributed by atoms with van der Waals surface area (Å²) >= 11 is 0. The molecule has 4 heteroatoms. The van der Waals surface area contributed by atoms with E-state index >= 15 is 0 Å². The quantitative estimate of drug-likeness (QED) is 0.725. The molecule has 0 aliphatic carbocycles. The number of likely N-dealkylation sites (tertiary alicyclic amines) is 1. The molecule has 84 valence electrons. The Kier molecular flexibility index (Phi) is 2.95. The topological polar surface area (TPSA) is 57.2 Å². The van der Waals surface area contributed by atoms with Gasteiger partial charge >= 0.3 is 0 Å². The zero-order valence-electron chi connectivity index (χ0n) is 9.27. The van der Waals surface area contributed by atoms with E-state index < -0.39 is 0 Å². The van der Waals surface area contributed by atoms with Gasteiger partial charge in [-0.15, -0.1) is 0 Å². The van der Waals surface area contributed by atoms with Crippen molar-refractivity contribution in [2.75, 3.05) is 6.54 Å². The number of carbonyl (C=O) groups is 1. The van der Waals surface area contributed by atoms with Gasteiger partial charge in [-0.2, -0.15) is 5.26 Å². The molecule has 1 saturated heterocycles. The summed E-state index contributed by atoms with van der Waals surface area (Å²) in [5.74, 6) is 0.882. The molecule has 0 N–H and O–H groups in total. The summed E-state index contributed by atoms with van der Waals surface area (Å²) in [6.07, 6.45) is 2.74. The molecule has 4 nitrogen and oxygen atoms in total. The Labute approximate surface area is 94.5 Å². The molecule has 0 radical (unpaired) electrons. The van der Waals surface area contributed by atoms with E-state index in [0.29, 0.717) is 18.1 Å². The van der Waals surface area contributed by atoms with Gasteiger partial charge in [0.15, 0.2) is 5.76 Å². The van der Waals surface area contributed by atoms with Crippen LogP contribution in [0.25, 0.3) is 0 Å². The van der Waals surface area contributed by atoms with Crippen molar-refractivity contribution < 1.29 is 9.21 Å². The number of amides is 1. The first-order valence-electron chi connectivity index (χ1n) is 5.49. The molecular weight excluding hydrogens is 204 g/mol. The first-order chi connectivity index (χ1) is 7.72. The fourth-order valence-corrected chi connectivity index (χ4v) is 2.00. The van der Waals surface area contributed by atoms with E-state index in [2.05, 4.69) is 6.07 Å². The van der Waals surface area contributed by atoms with E-state index in [0.717, 1.165) is 19.3 Å². The summed E-state index contributed by atoms with van der Waals surface area (Å²) < 4.78 is 5.29. The lowest BCUT2D eigenvalue weighted by Crippen LogP contribution is -2.42. The van der Waals surface area contributed by atoms with Crippen molar-refractivity contribution in [1.29, 1.82) is 5.26 Å². The van der Waals surface area contributed by atoms with Gasteiger partial charge in [0.25, 0.3) is 5.91 Å². The van der Waals surface area contributed by atoms with Crippen LogP contribution in [0.1, 0.15) is 35.6 Å². The molecule has 1 amide bonds. The molecule has 1 fully saturated rings. The third kappa shape index (κ3) is 1.94. The highest BCUT2D eigenvalue weighted by atomic mass is 16.3. The minimum absolute atomic E-state index is 0.167. The van der Waals surface area contributed by atoms with E-state index in [-0.39, 0.29) is 11.9 Å². The van der Waals surface area contributed by atoms with Gasteiger partial charge in [0, 0.05) is 6.54 Å². The molecule has 16 heavy (non-hydrogen) atoms. The van der Waals surface area contributed by atoms with Crippen LogP contribution in [0.15, 0.2) is 16.5 Å². The van der Waals surface area contributed by atoms with E-state index in [1.807, 2.05) is 0 Å². The summed E-state index contributed by atoms with van der Waals surface area (Å²) in [6.45, 7) is 2.45. The maximum Gasteiger partial charge on any atom is 0.290 e. The lowest BCUT2D eigenvalue weighted by Gasteiger charge is -2.30. The number of aryl methyl sites for hydroxylation is 1. The van der Waals surface area contributed by atoms with Crippen molar-refractivity contribution in [1.82, 2.24) is 4.90 Å². The predicted molar refractivity (Wildman–Crippen MR) is 57.7 cm³/mol. The summed E-state index contributed by atoms with van der Waals surface area (Å²) in [4.78, 5) is 13.7. The van der Waals surface area contributed by atoms with Gasteiger partial charge in [0.2, 0.25) is 0 Å². The van der Waals surface area contributed by atoms with Gasteiger partial charge < -0.3 is 9.32 Å². The molecule has 1 atom stereocenters. The number of piperidine rings is 1. The number of rotatable bonds is 1. The summed E-state index contributed by atoms with van der Waals surface area (Å²) in [6, 6.07) is 5.31. The average molecular weight is 218 g/mol. The van der Waals surface area contributed by atoms with Gasteiger partial charge in [-0.25, -0.2) is 0 Å². The van der Waals surface area contributed by atoms with Crippen LogP contribution in [0, 0.1) is 18.3 Å². The summed E-state index contributed by atoms with van der Waals surface area (Å²) in [7, 11) is 0. The summed E-state index contributed by atoms with van der Waals surface area (Å²) in [5.41, 5.74) is 0. The lowest BCUT2D eigenvalue weighted by atomic mass is 10.0. The number of furan rings is 1. The third-order valence-corrected chi connectivity index (χ3v) is 2.86. The molecule has 1 aliphatic heterocycles. The number of nitriles is 1. The van der Waals surface area contributed by atoms with Crippen LogP contribution in [0.2, 0.25) is 0 Å². The van der Waals surface area contributed by atoms with Crippen LogP contribution in [0.3, 0.4) is 0 Å². The number of nitrogens with zero attached hydrogens (tertiary/aromatic N) is 2. The maximum atomic E-state index is 12.1. The van der Waals surface area contributed by atoms with E-state index in [4.69, 9.17) is 9.68 Å². The first kappa shape index (κ1) is 10.7. The van der Waals surface area contributed by atoms with Crippen molar-refractivity contribution in [2.45, 2.75) is 32.2 Å². The number of hydrogen-bond donors (Lipinski definition) is 0. The monoisotopic (exact) mass is 218 g/mol. The maximum absolute atomic E-state index is 12.1. The van der Waals surface area contributed by atoms with E-state index in [1.54, 1.807) is 24.0 Å². The molecule has 1 aliphatic rings. The molecule has 0 spiro atoms. The standard InChI is InChI=1S/C12H14N2O2/c1-9-5-6-11(16-9)12(15)14-7-3-2-4-10(14)8-13/h5-6,10H,2-4,7H2,1H3. The molecule has 2 rings (SSSR count).